The van der Waals surface area contributed by atoms with Crippen LogP contribution in [0.25, 0.3) is 11.3 Å². The van der Waals surface area contributed by atoms with E-state index >= 15 is 0 Å². The lowest BCUT2D eigenvalue weighted by atomic mass is 10.1. The summed E-state index contributed by atoms with van der Waals surface area (Å²) in [4.78, 5) is 4.36. The van der Waals surface area contributed by atoms with E-state index in [4.69, 9.17) is 10.5 Å². The van der Waals surface area contributed by atoms with Crippen molar-refractivity contribution in [1.82, 2.24) is 15.2 Å². The third kappa shape index (κ3) is 3.70. The van der Waals surface area contributed by atoms with Crippen molar-refractivity contribution in [3.8, 4) is 23.2 Å². The minimum atomic E-state index is -0.108. The fourth-order valence-electron chi connectivity index (χ4n) is 2.32. The molecule has 7 nitrogen and oxygen atoms in total. The van der Waals surface area contributed by atoms with Crippen molar-refractivity contribution in [2.45, 2.75) is 20.0 Å². The quantitative estimate of drug-likeness (QED) is 0.658. The van der Waals surface area contributed by atoms with E-state index in [9.17, 15) is 5.26 Å². The number of nitrogens with one attached hydrogen (secondary N) is 2. The molecule has 3 aromatic rings. The number of anilines is 3. The molecule has 126 valence electrons. The second-order valence-electron chi connectivity index (χ2n) is 5.73. The first-order valence-electron chi connectivity index (χ1n) is 7.81. The van der Waals surface area contributed by atoms with Crippen molar-refractivity contribution >= 4 is 17.2 Å². The minimum absolute atomic E-state index is 0.108. The van der Waals surface area contributed by atoms with E-state index in [0.29, 0.717) is 11.5 Å². The van der Waals surface area contributed by atoms with Crippen LogP contribution in [-0.4, -0.2) is 21.3 Å². The van der Waals surface area contributed by atoms with Crippen molar-refractivity contribution in [3.63, 3.8) is 0 Å². The summed E-state index contributed by atoms with van der Waals surface area (Å²) in [5.74, 6) is 0.746. The largest absolute Gasteiger partial charge is 0.474 e. The number of rotatable bonds is 5. The van der Waals surface area contributed by atoms with Crippen LogP contribution in [0.4, 0.5) is 17.2 Å². The number of nitriles is 1. The Morgan fingerprint density at radius 1 is 1.24 bits per heavy atom. The molecule has 4 N–H and O–H groups in total. The number of ether oxygens (including phenoxy) is 1. The van der Waals surface area contributed by atoms with E-state index < -0.39 is 0 Å². The Labute approximate surface area is 145 Å². The van der Waals surface area contributed by atoms with E-state index in [1.54, 1.807) is 12.3 Å². The fraction of sp³-hybridized carbons (Fsp3) is 0.167. The van der Waals surface area contributed by atoms with Crippen molar-refractivity contribution < 1.29 is 4.74 Å². The van der Waals surface area contributed by atoms with Crippen LogP contribution in [0.2, 0.25) is 0 Å². The minimum Gasteiger partial charge on any atom is -0.474 e. The predicted octanol–water partition coefficient (Wildman–Crippen LogP) is 3.46. The number of aromatic nitrogens is 3. The zero-order valence-corrected chi connectivity index (χ0v) is 13.9. The summed E-state index contributed by atoms with van der Waals surface area (Å²) in [5, 5.41) is 19.3. The zero-order chi connectivity index (χ0) is 17.8. The highest BCUT2D eigenvalue weighted by atomic mass is 16.5. The molecule has 7 heteroatoms. The van der Waals surface area contributed by atoms with Crippen LogP contribution in [0.5, 0.6) is 5.88 Å². The topological polar surface area (TPSA) is 113 Å². The van der Waals surface area contributed by atoms with E-state index in [1.807, 2.05) is 50.2 Å². The predicted molar refractivity (Wildman–Crippen MR) is 96.4 cm³/mol. The molecule has 0 spiro atoms. The van der Waals surface area contributed by atoms with Crippen LogP contribution in [-0.2, 0) is 0 Å². The van der Waals surface area contributed by atoms with Gasteiger partial charge in [0.15, 0.2) is 0 Å². The van der Waals surface area contributed by atoms with Gasteiger partial charge in [0.25, 0.3) is 0 Å². The molecule has 0 saturated carbocycles. The van der Waals surface area contributed by atoms with Gasteiger partial charge in [0, 0.05) is 18.0 Å². The fourth-order valence-corrected chi connectivity index (χ4v) is 2.32. The van der Waals surface area contributed by atoms with Gasteiger partial charge in [-0.1, -0.05) is 12.1 Å². The van der Waals surface area contributed by atoms with Crippen LogP contribution in [0.1, 0.15) is 19.4 Å². The maximum Gasteiger partial charge on any atom is 0.236 e. The van der Waals surface area contributed by atoms with Gasteiger partial charge in [0.2, 0.25) is 5.88 Å². The maximum atomic E-state index is 9.24. The Kier molecular flexibility index (Phi) is 4.53. The van der Waals surface area contributed by atoms with Gasteiger partial charge >= 0.3 is 0 Å². The van der Waals surface area contributed by atoms with Gasteiger partial charge in [-0.05, 0) is 37.6 Å². The average Bonchev–Trinajstić information content (AvgIpc) is 3.09. The summed E-state index contributed by atoms with van der Waals surface area (Å²) in [6.07, 6.45) is 1.60. The molecule has 0 fully saturated rings. The maximum absolute atomic E-state index is 9.24. The average molecular weight is 334 g/mol. The molecular weight excluding hydrogens is 316 g/mol. The van der Waals surface area contributed by atoms with Crippen LogP contribution >= 0.6 is 0 Å². The number of pyridine rings is 1. The Morgan fingerprint density at radius 3 is 2.60 bits per heavy atom. The Hall–Kier alpha value is -3.53. The standard InChI is InChI=1S/C18H18N6O/c1-11(2)25-18-14(10-19)15(20)9-17(23-18)22-13-5-3-12(4-6-13)16-7-8-21-24-16/h3-9,11H,1-2H3,(H,21,24)(H3,20,22,23). The summed E-state index contributed by atoms with van der Waals surface area (Å²) < 4.78 is 5.60. The summed E-state index contributed by atoms with van der Waals surface area (Å²) >= 11 is 0. The van der Waals surface area contributed by atoms with E-state index in [-0.39, 0.29) is 17.5 Å². The molecule has 2 aromatic heterocycles. The van der Waals surface area contributed by atoms with E-state index in [2.05, 4.69) is 20.5 Å². The molecule has 1 aromatic carbocycles. The molecule has 0 amide bonds. The number of nitrogens with two attached hydrogens (primary N) is 1. The molecule has 2 heterocycles. The highest BCUT2D eigenvalue weighted by Gasteiger charge is 2.13. The lowest BCUT2D eigenvalue weighted by Crippen LogP contribution is -2.10. The van der Waals surface area contributed by atoms with Gasteiger partial charge in [0.1, 0.15) is 17.5 Å². The van der Waals surface area contributed by atoms with Crippen LogP contribution in [0, 0.1) is 11.3 Å². The number of nitrogen functional groups attached to an aromatic ring is 1. The molecule has 0 aliphatic heterocycles. The summed E-state index contributed by atoms with van der Waals surface area (Å²) in [5.41, 5.74) is 9.34. The lowest BCUT2D eigenvalue weighted by molar-refractivity contribution is 0.232. The van der Waals surface area contributed by atoms with Gasteiger partial charge < -0.3 is 15.8 Å². The van der Waals surface area contributed by atoms with Crippen molar-refractivity contribution in [2.75, 3.05) is 11.1 Å². The summed E-state index contributed by atoms with van der Waals surface area (Å²) in [7, 11) is 0. The van der Waals surface area contributed by atoms with Crippen LogP contribution in [0.3, 0.4) is 0 Å². The first-order chi connectivity index (χ1) is 12.1. The van der Waals surface area contributed by atoms with E-state index in [1.165, 1.54) is 0 Å². The van der Waals surface area contributed by atoms with Gasteiger partial charge in [-0.15, -0.1) is 0 Å². The van der Waals surface area contributed by atoms with Gasteiger partial charge in [-0.3, -0.25) is 5.10 Å². The van der Waals surface area contributed by atoms with Gasteiger partial charge in [-0.25, -0.2) is 0 Å². The number of H-pyrrole nitrogens is 1. The van der Waals surface area contributed by atoms with Gasteiger partial charge in [-0.2, -0.15) is 15.3 Å². The SMILES string of the molecule is CC(C)Oc1nc(Nc2ccc(-c3ccn[nH]3)cc2)cc(N)c1C#N. The Morgan fingerprint density at radius 2 is 2.00 bits per heavy atom. The smallest absolute Gasteiger partial charge is 0.236 e. The molecule has 0 bridgehead atoms. The molecule has 0 radical (unpaired) electrons. The Balaban J connectivity index is 1.85. The van der Waals surface area contributed by atoms with Crippen molar-refractivity contribution in [1.29, 1.82) is 5.26 Å². The van der Waals surface area contributed by atoms with Crippen molar-refractivity contribution in [3.05, 3.63) is 48.2 Å². The molecule has 0 aliphatic rings. The first kappa shape index (κ1) is 16.3. The summed E-state index contributed by atoms with van der Waals surface area (Å²) in [6.45, 7) is 3.74. The monoisotopic (exact) mass is 334 g/mol. The Bertz CT molecular complexity index is 895. The molecule has 25 heavy (non-hydrogen) atoms. The number of aromatic amines is 1. The first-order valence-corrected chi connectivity index (χ1v) is 7.81. The highest BCUT2D eigenvalue weighted by molar-refractivity contribution is 5.69. The molecule has 0 saturated heterocycles. The number of hydrogen-bond donors (Lipinski definition) is 3. The molecular formula is C18H18N6O. The van der Waals surface area contributed by atoms with Gasteiger partial charge in [0.05, 0.1) is 17.5 Å². The van der Waals surface area contributed by atoms with Crippen LogP contribution < -0.4 is 15.8 Å². The molecule has 3 rings (SSSR count). The molecule has 0 unspecified atom stereocenters. The highest BCUT2D eigenvalue weighted by Crippen LogP contribution is 2.28. The summed E-state index contributed by atoms with van der Waals surface area (Å²) in [6, 6.07) is 13.3. The zero-order valence-electron chi connectivity index (χ0n) is 13.9. The number of benzene rings is 1. The van der Waals surface area contributed by atoms with Crippen LogP contribution in [0.15, 0.2) is 42.6 Å². The number of hydrogen-bond acceptors (Lipinski definition) is 6. The van der Waals surface area contributed by atoms with Crippen molar-refractivity contribution in [2.24, 2.45) is 0 Å². The lowest BCUT2D eigenvalue weighted by Gasteiger charge is -2.14. The van der Waals surface area contributed by atoms with E-state index in [0.717, 1.165) is 16.9 Å². The molecule has 0 aliphatic carbocycles. The third-order valence-corrected chi connectivity index (χ3v) is 3.44. The number of nitrogens with zero attached hydrogens (tertiary/aromatic N) is 3. The second kappa shape index (κ2) is 6.93. The normalized spacial score (nSPS) is 10.5. The second-order valence-corrected chi connectivity index (χ2v) is 5.73. The molecule has 0 atom stereocenters. The third-order valence-electron chi connectivity index (χ3n) is 3.44.